The number of nitrogens with one attached hydrogen (secondary N) is 1. The maximum Gasteiger partial charge on any atom is 0.256 e. The normalized spacial score (nSPS) is 14.4. The number of aromatic nitrogens is 4. The highest BCUT2D eigenvalue weighted by Crippen LogP contribution is 2.05. The van der Waals surface area contributed by atoms with E-state index in [1.54, 1.807) is 17.1 Å². The Balaban J connectivity index is 1.82. The average molecular weight is 259 g/mol. The third-order valence-electron chi connectivity index (χ3n) is 3.57. The number of fused-ring (bicyclic) bond motifs is 1. The molecule has 0 fully saturated rings. The third kappa shape index (κ3) is 2.31. The summed E-state index contributed by atoms with van der Waals surface area (Å²) < 4.78 is 3.73. The summed E-state index contributed by atoms with van der Waals surface area (Å²) in [6.07, 6.45) is 6.12. The lowest BCUT2D eigenvalue weighted by atomic mass is 10.1. The van der Waals surface area contributed by atoms with Crippen LogP contribution in [0.1, 0.15) is 17.1 Å². The second-order valence-electron chi connectivity index (χ2n) is 4.76. The third-order valence-corrected chi connectivity index (χ3v) is 3.57. The number of hydrogen-bond donors (Lipinski definition) is 1. The largest absolute Gasteiger partial charge is 0.333 e. The molecule has 6 heteroatoms. The molecule has 6 nitrogen and oxygen atoms in total. The number of nitrogens with zero attached hydrogens (tertiary/aromatic N) is 4. The van der Waals surface area contributed by atoms with E-state index in [9.17, 15) is 4.79 Å². The summed E-state index contributed by atoms with van der Waals surface area (Å²) in [7, 11) is 0. The molecule has 100 valence electrons. The number of hydrogen-bond acceptors (Lipinski definition) is 4. The van der Waals surface area contributed by atoms with Gasteiger partial charge in [0.2, 0.25) is 0 Å². The van der Waals surface area contributed by atoms with Crippen molar-refractivity contribution in [1.29, 1.82) is 0 Å². The molecule has 1 N–H and O–H groups in total. The molecule has 3 heterocycles. The van der Waals surface area contributed by atoms with Gasteiger partial charge in [0.05, 0.1) is 12.0 Å². The van der Waals surface area contributed by atoms with Crippen molar-refractivity contribution in [3.8, 4) is 0 Å². The molecule has 19 heavy (non-hydrogen) atoms. The standard InChI is InChI=1S/C13H17N5O/c1-10-15-4-5-17(10)6-7-18-9-16-12-8-14-3-2-11(12)13(18)19/h4-5,9,14H,2-3,6-8H2,1H3. The van der Waals surface area contributed by atoms with Gasteiger partial charge in [0.25, 0.3) is 5.56 Å². The number of aryl methyl sites for hydroxylation is 3. The summed E-state index contributed by atoms with van der Waals surface area (Å²) >= 11 is 0. The molecule has 2 aromatic heterocycles. The zero-order valence-electron chi connectivity index (χ0n) is 11.0. The Morgan fingerprint density at radius 3 is 2.95 bits per heavy atom. The van der Waals surface area contributed by atoms with E-state index in [0.29, 0.717) is 13.1 Å². The van der Waals surface area contributed by atoms with Crippen molar-refractivity contribution < 1.29 is 0 Å². The monoisotopic (exact) mass is 259 g/mol. The van der Waals surface area contributed by atoms with Gasteiger partial charge in [-0.05, 0) is 19.9 Å². The summed E-state index contributed by atoms with van der Waals surface area (Å²) in [5, 5.41) is 3.23. The first-order valence-electron chi connectivity index (χ1n) is 6.51. The maximum atomic E-state index is 12.3. The Kier molecular flexibility index (Phi) is 3.16. The molecule has 1 aliphatic rings. The molecular formula is C13H17N5O. The van der Waals surface area contributed by atoms with Crippen LogP contribution in [-0.4, -0.2) is 25.6 Å². The fourth-order valence-electron chi connectivity index (χ4n) is 2.41. The SMILES string of the molecule is Cc1nccn1CCn1cnc2c(c1=O)CCNC2. The van der Waals surface area contributed by atoms with Crippen LogP contribution in [-0.2, 0) is 26.1 Å². The molecule has 0 spiro atoms. The Morgan fingerprint density at radius 1 is 1.32 bits per heavy atom. The van der Waals surface area contributed by atoms with Crippen molar-refractivity contribution in [3.05, 3.63) is 46.2 Å². The van der Waals surface area contributed by atoms with Crippen molar-refractivity contribution >= 4 is 0 Å². The van der Waals surface area contributed by atoms with Crippen molar-refractivity contribution in [2.75, 3.05) is 6.54 Å². The fraction of sp³-hybridized carbons (Fsp3) is 0.462. The summed E-state index contributed by atoms with van der Waals surface area (Å²) in [6.45, 7) is 4.88. The lowest BCUT2D eigenvalue weighted by Crippen LogP contribution is -2.34. The van der Waals surface area contributed by atoms with Crippen LogP contribution in [0.5, 0.6) is 0 Å². The molecule has 0 bridgehead atoms. The Morgan fingerprint density at radius 2 is 2.16 bits per heavy atom. The molecule has 0 atom stereocenters. The minimum atomic E-state index is 0.101. The van der Waals surface area contributed by atoms with Crippen molar-refractivity contribution in [3.63, 3.8) is 0 Å². The van der Waals surface area contributed by atoms with E-state index in [4.69, 9.17) is 0 Å². The molecule has 0 aromatic carbocycles. The second-order valence-corrected chi connectivity index (χ2v) is 4.76. The van der Waals surface area contributed by atoms with Gasteiger partial charge < -0.3 is 9.88 Å². The van der Waals surface area contributed by atoms with Gasteiger partial charge in [-0.3, -0.25) is 9.36 Å². The van der Waals surface area contributed by atoms with Gasteiger partial charge in [-0.1, -0.05) is 0 Å². The van der Waals surface area contributed by atoms with Crippen LogP contribution in [0.25, 0.3) is 0 Å². The van der Waals surface area contributed by atoms with Crippen LogP contribution in [0.4, 0.5) is 0 Å². The average Bonchev–Trinajstić information content (AvgIpc) is 2.84. The van der Waals surface area contributed by atoms with Gasteiger partial charge in [-0.2, -0.15) is 0 Å². The van der Waals surface area contributed by atoms with Crippen molar-refractivity contribution in [2.24, 2.45) is 0 Å². The lowest BCUT2D eigenvalue weighted by molar-refractivity contribution is 0.530. The zero-order valence-corrected chi connectivity index (χ0v) is 11.0. The molecule has 0 saturated heterocycles. The quantitative estimate of drug-likeness (QED) is 0.848. The van der Waals surface area contributed by atoms with E-state index in [-0.39, 0.29) is 5.56 Å². The van der Waals surface area contributed by atoms with Crippen LogP contribution >= 0.6 is 0 Å². The van der Waals surface area contributed by atoms with Crippen molar-refractivity contribution in [2.45, 2.75) is 33.0 Å². The highest BCUT2D eigenvalue weighted by molar-refractivity contribution is 5.19. The minimum Gasteiger partial charge on any atom is -0.333 e. The van der Waals surface area contributed by atoms with Gasteiger partial charge in [-0.25, -0.2) is 9.97 Å². The molecule has 0 aliphatic carbocycles. The van der Waals surface area contributed by atoms with Gasteiger partial charge >= 0.3 is 0 Å². The Bertz CT molecular complexity index is 643. The summed E-state index contributed by atoms with van der Waals surface area (Å²) in [4.78, 5) is 20.9. The first kappa shape index (κ1) is 12.1. The number of imidazole rings is 1. The molecule has 0 amide bonds. The predicted molar refractivity (Wildman–Crippen MR) is 70.9 cm³/mol. The summed E-state index contributed by atoms with van der Waals surface area (Å²) in [6, 6.07) is 0. The molecule has 3 rings (SSSR count). The summed E-state index contributed by atoms with van der Waals surface area (Å²) in [5.74, 6) is 0.961. The van der Waals surface area contributed by atoms with Crippen LogP contribution in [0, 0.1) is 6.92 Å². The van der Waals surface area contributed by atoms with E-state index in [2.05, 4.69) is 15.3 Å². The van der Waals surface area contributed by atoms with E-state index in [1.165, 1.54) is 0 Å². The molecule has 1 aliphatic heterocycles. The Hall–Kier alpha value is -1.95. The first-order chi connectivity index (χ1) is 9.25. The molecule has 0 saturated carbocycles. The highest BCUT2D eigenvalue weighted by atomic mass is 16.1. The van der Waals surface area contributed by atoms with E-state index < -0.39 is 0 Å². The Labute approximate surface area is 111 Å². The van der Waals surface area contributed by atoms with E-state index in [0.717, 1.165) is 36.6 Å². The first-order valence-corrected chi connectivity index (χ1v) is 6.51. The summed E-state index contributed by atoms with van der Waals surface area (Å²) in [5.41, 5.74) is 1.86. The highest BCUT2D eigenvalue weighted by Gasteiger charge is 2.14. The lowest BCUT2D eigenvalue weighted by Gasteiger charge is -2.17. The van der Waals surface area contributed by atoms with Gasteiger partial charge in [0.15, 0.2) is 0 Å². The van der Waals surface area contributed by atoms with Crippen molar-refractivity contribution in [1.82, 2.24) is 24.4 Å². The molecular weight excluding hydrogens is 242 g/mol. The topological polar surface area (TPSA) is 64.7 Å². The zero-order chi connectivity index (χ0) is 13.2. The smallest absolute Gasteiger partial charge is 0.256 e. The van der Waals surface area contributed by atoms with E-state index in [1.807, 2.05) is 17.7 Å². The van der Waals surface area contributed by atoms with Crippen LogP contribution in [0.15, 0.2) is 23.5 Å². The van der Waals surface area contributed by atoms with Crippen LogP contribution < -0.4 is 10.9 Å². The van der Waals surface area contributed by atoms with Crippen LogP contribution in [0.3, 0.4) is 0 Å². The van der Waals surface area contributed by atoms with E-state index >= 15 is 0 Å². The second kappa shape index (κ2) is 4.97. The van der Waals surface area contributed by atoms with Crippen LogP contribution in [0.2, 0.25) is 0 Å². The maximum absolute atomic E-state index is 12.3. The molecule has 0 radical (unpaired) electrons. The minimum absolute atomic E-state index is 0.101. The van der Waals surface area contributed by atoms with Gasteiger partial charge in [0.1, 0.15) is 5.82 Å². The predicted octanol–water partition coefficient (Wildman–Crippen LogP) is 0.0941. The number of rotatable bonds is 3. The fourth-order valence-corrected chi connectivity index (χ4v) is 2.41. The molecule has 0 unspecified atom stereocenters. The van der Waals surface area contributed by atoms with Gasteiger partial charge in [0, 0.05) is 37.6 Å². The van der Waals surface area contributed by atoms with Gasteiger partial charge in [-0.15, -0.1) is 0 Å². The molecule has 2 aromatic rings.